The second kappa shape index (κ2) is 8.39. The van der Waals surface area contributed by atoms with Gasteiger partial charge >= 0.3 is 12.1 Å². The van der Waals surface area contributed by atoms with Gasteiger partial charge in [-0.25, -0.2) is 9.59 Å². The van der Waals surface area contributed by atoms with Crippen LogP contribution in [0.15, 0.2) is 48.5 Å². The highest BCUT2D eigenvalue weighted by atomic mass is 16.5. The van der Waals surface area contributed by atoms with Crippen LogP contribution in [0.4, 0.5) is 4.79 Å². The standard InChI is InChI=1S/C21H19NO5/c1-2-11-26-13-19(20(23)24)22-21(25)27-12-18-16-9-5-3-7-14(16)15-8-4-6-10-17(15)18/h1,3-10,18-19H,11-13H2,(H,22,25)(H,23,24). The van der Waals surface area contributed by atoms with Gasteiger partial charge in [0, 0.05) is 5.92 Å². The third-order valence-electron chi connectivity index (χ3n) is 4.40. The number of carbonyl (C=O) groups excluding carboxylic acids is 1. The highest BCUT2D eigenvalue weighted by Crippen LogP contribution is 2.44. The third-order valence-corrected chi connectivity index (χ3v) is 4.40. The Labute approximate surface area is 157 Å². The number of ether oxygens (including phenoxy) is 2. The van der Waals surface area contributed by atoms with Crippen molar-refractivity contribution in [3.8, 4) is 23.5 Å². The average Bonchev–Trinajstić information content (AvgIpc) is 2.99. The number of carbonyl (C=O) groups is 2. The largest absolute Gasteiger partial charge is 0.480 e. The van der Waals surface area contributed by atoms with Crippen molar-refractivity contribution >= 4 is 12.1 Å². The van der Waals surface area contributed by atoms with Gasteiger partial charge in [0.25, 0.3) is 0 Å². The Bertz CT molecular complexity index is 841. The molecule has 3 rings (SSSR count). The van der Waals surface area contributed by atoms with Gasteiger partial charge in [0.1, 0.15) is 13.2 Å². The number of nitrogens with one attached hydrogen (secondary N) is 1. The lowest BCUT2D eigenvalue weighted by molar-refractivity contribution is -0.140. The van der Waals surface area contributed by atoms with Gasteiger partial charge in [-0.15, -0.1) is 6.42 Å². The molecule has 0 fully saturated rings. The van der Waals surface area contributed by atoms with Crippen LogP contribution in [-0.2, 0) is 14.3 Å². The topological polar surface area (TPSA) is 84.9 Å². The van der Waals surface area contributed by atoms with E-state index in [1.807, 2.05) is 48.5 Å². The molecular formula is C21H19NO5. The Morgan fingerprint density at radius 3 is 2.26 bits per heavy atom. The Morgan fingerprint density at radius 1 is 1.11 bits per heavy atom. The van der Waals surface area contributed by atoms with Crippen molar-refractivity contribution in [1.82, 2.24) is 5.32 Å². The Balaban J connectivity index is 1.65. The van der Waals surface area contributed by atoms with Crippen LogP contribution < -0.4 is 5.32 Å². The Morgan fingerprint density at radius 2 is 1.70 bits per heavy atom. The number of alkyl carbamates (subject to hydrolysis) is 1. The summed E-state index contributed by atoms with van der Waals surface area (Å²) >= 11 is 0. The van der Waals surface area contributed by atoms with Crippen LogP contribution in [-0.4, -0.2) is 43.0 Å². The molecule has 27 heavy (non-hydrogen) atoms. The number of rotatable bonds is 7. The molecule has 1 amide bonds. The number of hydrogen-bond acceptors (Lipinski definition) is 4. The molecule has 0 bridgehead atoms. The Hall–Kier alpha value is -3.30. The molecule has 0 heterocycles. The number of carboxylic acid groups (broad SMARTS) is 1. The predicted octanol–water partition coefficient (Wildman–Crippen LogP) is 2.63. The molecule has 0 aliphatic heterocycles. The molecule has 0 saturated heterocycles. The maximum absolute atomic E-state index is 12.1. The maximum atomic E-state index is 12.1. The number of amides is 1. The van der Waals surface area contributed by atoms with E-state index in [4.69, 9.17) is 21.0 Å². The van der Waals surface area contributed by atoms with Crippen molar-refractivity contribution in [2.45, 2.75) is 12.0 Å². The lowest BCUT2D eigenvalue weighted by Gasteiger charge is -2.17. The van der Waals surface area contributed by atoms with Crippen molar-refractivity contribution in [2.75, 3.05) is 19.8 Å². The van der Waals surface area contributed by atoms with Gasteiger partial charge in [0.15, 0.2) is 6.04 Å². The summed E-state index contributed by atoms with van der Waals surface area (Å²) in [4.78, 5) is 23.3. The van der Waals surface area contributed by atoms with Crippen LogP contribution in [0, 0.1) is 12.3 Å². The van der Waals surface area contributed by atoms with Gasteiger partial charge in [-0.1, -0.05) is 54.5 Å². The summed E-state index contributed by atoms with van der Waals surface area (Å²) in [5.74, 6) is 0.922. The van der Waals surface area contributed by atoms with Crippen LogP contribution in [0.25, 0.3) is 11.1 Å². The minimum absolute atomic E-state index is 0.0316. The van der Waals surface area contributed by atoms with Crippen LogP contribution in [0.5, 0.6) is 0 Å². The lowest BCUT2D eigenvalue weighted by atomic mass is 9.98. The molecule has 0 radical (unpaired) electrons. The first-order valence-electron chi connectivity index (χ1n) is 8.47. The number of terminal acetylenes is 1. The summed E-state index contributed by atoms with van der Waals surface area (Å²) in [5, 5.41) is 11.5. The zero-order valence-corrected chi connectivity index (χ0v) is 14.6. The summed E-state index contributed by atoms with van der Waals surface area (Å²) in [6.07, 6.45) is 4.24. The van der Waals surface area contributed by atoms with E-state index in [9.17, 15) is 9.59 Å². The molecule has 6 heteroatoms. The molecule has 6 nitrogen and oxygen atoms in total. The molecule has 2 N–H and O–H groups in total. The number of benzene rings is 2. The number of fused-ring (bicyclic) bond motifs is 3. The molecule has 1 atom stereocenters. The molecule has 0 spiro atoms. The number of hydrogen-bond donors (Lipinski definition) is 2. The fourth-order valence-electron chi connectivity index (χ4n) is 3.19. The van der Waals surface area contributed by atoms with Crippen molar-refractivity contribution in [2.24, 2.45) is 0 Å². The molecule has 0 aromatic heterocycles. The number of carboxylic acids is 1. The maximum Gasteiger partial charge on any atom is 0.407 e. The van der Waals surface area contributed by atoms with E-state index in [1.165, 1.54) is 0 Å². The van der Waals surface area contributed by atoms with Gasteiger partial charge in [-0.05, 0) is 22.3 Å². The monoisotopic (exact) mass is 365 g/mol. The molecule has 2 aromatic rings. The first kappa shape index (κ1) is 18.5. The SMILES string of the molecule is C#CCOCC(NC(=O)OCC1c2ccccc2-c2ccccc21)C(=O)O. The molecule has 0 saturated carbocycles. The first-order chi connectivity index (χ1) is 13.1. The normalized spacial score (nSPS) is 13.1. The number of aliphatic carboxylic acids is 1. The molecular weight excluding hydrogens is 346 g/mol. The fourth-order valence-corrected chi connectivity index (χ4v) is 3.19. The summed E-state index contributed by atoms with van der Waals surface area (Å²) in [5.41, 5.74) is 4.40. The van der Waals surface area contributed by atoms with Crippen molar-refractivity contribution in [1.29, 1.82) is 0 Å². The summed E-state index contributed by atoms with van der Waals surface area (Å²) in [6, 6.07) is 14.7. The molecule has 2 aromatic carbocycles. The first-order valence-corrected chi connectivity index (χ1v) is 8.47. The zero-order valence-electron chi connectivity index (χ0n) is 14.6. The second-order valence-electron chi connectivity index (χ2n) is 6.08. The van der Waals surface area contributed by atoms with Crippen LogP contribution in [0.3, 0.4) is 0 Å². The smallest absolute Gasteiger partial charge is 0.407 e. The lowest BCUT2D eigenvalue weighted by Crippen LogP contribution is -2.44. The highest BCUT2D eigenvalue weighted by molar-refractivity contribution is 5.81. The second-order valence-corrected chi connectivity index (χ2v) is 6.08. The van der Waals surface area contributed by atoms with E-state index in [0.717, 1.165) is 22.3 Å². The zero-order chi connectivity index (χ0) is 19.2. The Kier molecular flexibility index (Phi) is 5.74. The van der Waals surface area contributed by atoms with Gasteiger partial charge in [-0.2, -0.15) is 0 Å². The molecule has 1 aliphatic rings. The van der Waals surface area contributed by atoms with Crippen molar-refractivity contribution in [3.63, 3.8) is 0 Å². The van der Waals surface area contributed by atoms with Crippen molar-refractivity contribution < 1.29 is 24.2 Å². The molecule has 138 valence electrons. The summed E-state index contributed by atoms with van der Waals surface area (Å²) in [7, 11) is 0. The van der Waals surface area contributed by atoms with E-state index in [1.54, 1.807) is 0 Å². The van der Waals surface area contributed by atoms with Gasteiger partial charge in [0.05, 0.1) is 6.61 Å². The quantitative estimate of drug-likeness (QED) is 0.582. The van der Waals surface area contributed by atoms with Crippen LogP contribution in [0.2, 0.25) is 0 Å². The van der Waals surface area contributed by atoms with E-state index in [2.05, 4.69) is 11.2 Å². The van der Waals surface area contributed by atoms with E-state index in [-0.39, 0.29) is 25.7 Å². The van der Waals surface area contributed by atoms with E-state index >= 15 is 0 Å². The van der Waals surface area contributed by atoms with Crippen LogP contribution >= 0.6 is 0 Å². The van der Waals surface area contributed by atoms with Gasteiger partial charge < -0.3 is 19.9 Å². The van der Waals surface area contributed by atoms with Gasteiger partial charge in [-0.3, -0.25) is 0 Å². The highest BCUT2D eigenvalue weighted by Gasteiger charge is 2.29. The van der Waals surface area contributed by atoms with Crippen molar-refractivity contribution in [3.05, 3.63) is 59.7 Å². The fraction of sp³-hybridized carbons (Fsp3) is 0.238. The van der Waals surface area contributed by atoms with E-state index < -0.39 is 18.1 Å². The molecule has 1 unspecified atom stereocenters. The summed E-state index contributed by atoms with van der Waals surface area (Å²) in [6.45, 7) is -0.155. The average molecular weight is 365 g/mol. The minimum atomic E-state index is -1.23. The predicted molar refractivity (Wildman–Crippen MR) is 99.3 cm³/mol. The summed E-state index contributed by atoms with van der Waals surface area (Å²) < 4.78 is 10.3. The van der Waals surface area contributed by atoms with Crippen LogP contribution in [0.1, 0.15) is 17.0 Å². The third kappa shape index (κ3) is 4.10. The van der Waals surface area contributed by atoms with E-state index in [0.29, 0.717) is 0 Å². The minimum Gasteiger partial charge on any atom is -0.480 e. The molecule has 1 aliphatic carbocycles. The van der Waals surface area contributed by atoms with Gasteiger partial charge in [0.2, 0.25) is 0 Å².